The van der Waals surface area contributed by atoms with Gasteiger partial charge in [-0.15, -0.1) is 0 Å². The predicted molar refractivity (Wildman–Crippen MR) is 157 cm³/mol. The van der Waals surface area contributed by atoms with Crippen LogP contribution in [0.1, 0.15) is 117 Å². The molecule has 0 saturated carbocycles. The van der Waals surface area contributed by atoms with E-state index in [4.69, 9.17) is 0 Å². The van der Waals surface area contributed by atoms with Crippen molar-refractivity contribution in [2.45, 2.75) is 116 Å². The van der Waals surface area contributed by atoms with Crippen molar-refractivity contribution in [2.24, 2.45) is 0 Å². The second-order valence-corrected chi connectivity index (χ2v) is 15.4. The van der Waals surface area contributed by atoms with Crippen LogP contribution in [0, 0.1) is 0 Å². The molecule has 3 aromatic rings. The van der Waals surface area contributed by atoms with E-state index >= 15 is 0 Å². The Balaban J connectivity index is 1.72. The molecule has 0 spiro atoms. The summed E-state index contributed by atoms with van der Waals surface area (Å²) in [6, 6.07) is 21.6. The molecular formula is C36H46. The fraction of sp³-hybridized carbons (Fsp3) is 0.500. The maximum absolute atomic E-state index is 2.51. The van der Waals surface area contributed by atoms with E-state index in [1.807, 2.05) is 0 Å². The van der Waals surface area contributed by atoms with Crippen LogP contribution in [0.3, 0.4) is 0 Å². The van der Waals surface area contributed by atoms with Crippen LogP contribution in [0.4, 0.5) is 0 Å². The zero-order valence-corrected chi connectivity index (χ0v) is 24.6. The molecule has 190 valence electrons. The zero-order chi connectivity index (χ0) is 26.5. The van der Waals surface area contributed by atoms with E-state index in [0.717, 1.165) is 0 Å². The second kappa shape index (κ2) is 7.59. The third kappa shape index (κ3) is 3.87. The molecule has 0 fully saturated rings. The highest BCUT2D eigenvalue weighted by Gasteiger charge is 2.43. The molecule has 36 heavy (non-hydrogen) atoms. The van der Waals surface area contributed by atoms with Crippen molar-refractivity contribution in [3.63, 3.8) is 0 Å². The Morgan fingerprint density at radius 2 is 0.861 bits per heavy atom. The first-order valence-corrected chi connectivity index (χ1v) is 13.9. The maximum atomic E-state index is 2.51. The summed E-state index contributed by atoms with van der Waals surface area (Å²) in [5, 5.41) is 0. The molecule has 0 saturated heterocycles. The number of fused-ring (bicyclic) bond motifs is 2. The van der Waals surface area contributed by atoms with E-state index in [1.165, 1.54) is 62.9 Å². The van der Waals surface area contributed by atoms with Gasteiger partial charge in [0, 0.05) is 0 Å². The highest BCUT2D eigenvalue weighted by atomic mass is 14.5. The van der Waals surface area contributed by atoms with Gasteiger partial charge in [0.1, 0.15) is 0 Å². The first kappa shape index (κ1) is 25.3. The van der Waals surface area contributed by atoms with E-state index < -0.39 is 0 Å². The molecule has 2 aliphatic carbocycles. The molecule has 0 atom stereocenters. The van der Waals surface area contributed by atoms with Crippen molar-refractivity contribution >= 4 is 0 Å². The molecule has 3 aromatic carbocycles. The van der Waals surface area contributed by atoms with Gasteiger partial charge in [-0.2, -0.15) is 0 Å². The van der Waals surface area contributed by atoms with E-state index in [0.29, 0.717) is 0 Å². The lowest BCUT2D eigenvalue weighted by atomic mass is 9.76. The molecular weight excluding hydrogens is 432 g/mol. The first-order valence-electron chi connectivity index (χ1n) is 13.9. The Morgan fingerprint density at radius 3 is 1.22 bits per heavy atom. The summed E-state index contributed by atoms with van der Waals surface area (Å²) in [4.78, 5) is 0. The monoisotopic (exact) mass is 478 g/mol. The Labute approximate surface area is 220 Å². The fourth-order valence-corrected chi connectivity index (χ4v) is 8.16. The third-order valence-electron chi connectivity index (χ3n) is 9.16. The number of hydrogen-bond acceptors (Lipinski definition) is 0. The summed E-state index contributed by atoms with van der Waals surface area (Å²) in [6.07, 6.45) is 2.40. The second-order valence-electron chi connectivity index (χ2n) is 15.4. The SMILES string of the molecule is CC(C)(C)c1c(-c2ccc3c(c2)C(C)(C)CC3(C)C)cccc1-c1ccc2c(c1)C(C)(C)CC2(C)C. The smallest absolute Gasteiger partial charge is 0.00921 e. The minimum absolute atomic E-state index is 0.0214. The minimum Gasteiger partial charge on any atom is -0.0610 e. The largest absolute Gasteiger partial charge is 0.0610 e. The van der Waals surface area contributed by atoms with Crippen LogP contribution in [0.15, 0.2) is 54.6 Å². The van der Waals surface area contributed by atoms with Crippen LogP contribution >= 0.6 is 0 Å². The third-order valence-corrected chi connectivity index (χ3v) is 9.16. The number of benzene rings is 3. The molecule has 0 heterocycles. The van der Waals surface area contributed by atoms with Gasteiger partial charge in [0.25, 0.3) is 0 Å². The normalized spacial score (nSPS) is 20.8. The average Bonchev–Trinajstić information content (AvgIpc) is 3.06. The summed E-state index contributed by atoms with van der Waals surface area (Å²) >= 11 is 0. The highest BCUT2D eigenvalue weighted by Crippen LogP contribution is 2.52. The molecule has 0 nitrogen and oxygen atoms in total. The van der Waals surface area contributed by atoms with Crippen molar-refractivity contribution in [2.75, 3.05) is 0 Å². The van der Waals surface area contributed by atoms with Crippen molar-refractivity contribution in [1.29, 1.82) is 0 Å². The lowest BCUT2D eigenvalue weighted by Crippen LogP contribution is -2.18. The van der Waals surface area contributed by atoms with Gasteiger partial charge < -0.3 is 0 Å². The summed E-state index contributed by atoms with van der Waals surface area (Å²) < 4.78 is 0. The van der Waals surface area contributed by atoms with E-state index in [1.54, 1.807) is 0 Å². The summed E-state index contributed by atoms with van der Waals surface area (Å²) in [7, 11) is 0. The van der Waals surface area contributed by atoms with Gasteiger partial charge in [0.15, 0.2) is 0 Å². The minimum atomic E-state index is 0.0214. The number of hydrogen-bond donors (Lipinski definition) is 0. The Hall–Kier alpha value is -2.34. The molecule has 0 aromatic heterocycles. The van der Waals surface area contributed by atoms with Gasteiger partial charge in [0.2, 0.25) is 0 Å². The molecule has 0 heteroatoms. The van der Waals surface area contributed by atoms with Crippen molar-refractivity contribution in [3.8, 4) is 22.3 Å². The van der Waals surface area contributed by atoms with Crippen molar-refractivity contribution in [1.82, 2.24) is 0 Å². The first-order chi connectivity index (χ1) is 16.4. The van der Waals surface area contributed by atoms with Crippen molar-refractivity contribution in [3.05, 3.63) is 82.4 Å². The molecule has 0 radical (unpaired) electrons. The van der Waals surface area contributed by atoms with Gasteiger partial charge >= 0.3 is 0 Å². The van der Waals surface area contributed by atoms with Crippen LogP contribution < -0.4 is 0 Å². The van der Waals surface area contributed by atoms with E-state index in [9.17, 15) is 0 Å². The Kier molecular flexibility index (Phi) is 5.34. The lowest BCUT2D eigenvalue weighted by molar-refractivity contribution is 0.402. The van der Waals surface area contributed by atoms with E-state index in [2.05, 4.69) is 131 Å². The van der Waals surface area contributed by atoms with Crippen LogP contribution in [-0.2, 0) is 27.1 Å². The quantitative estimate of drug-likeness (QED) is 0.343. The molecule has 0 unspecified atom stereocenters. The lowest BCUT2D eigenvalue weighted by Gasteiger charge is -2.28. The van der Waals surface area contributed by atoms with Gasteiger partial charge in [-0.1, -0.05) is 131 Å². The topological polar surface area (TPSA) is 0 Å². The number of rotatable bonds is 2. The average molecular weight is 479 g/mol. The van der Waals surface area contributed by atoms with Gasteiger partial charge in [-0.3, -0.25) is 0 Å². The molecule has 0 N–H and O–H groups in total. The summed E-state index contributed by atoms with van der Waals surface area (Å²) in [6.45, 7) is 26.4. The molecule has 0 amide bonds. The van der Waals surface area contributed by atoms with Crippen LogP contribution in [0.2, 0.25) is 0 Å². The Morgan fingerprint density at radius 1 is 0.500 bits per heavy atom. The standard InChI is InChI=1S/C36H46/c1-32(2,3)31-25(23-15-17-27-29(19-23)35(8,9)21-33(27,4)5)13-12-14-26(31)24-16-18-28-30(20-24)36(10,11)22-34(28,6)7/h12-20H,21-22H2,1-11H3. The van der Waals surface area contributed by atoms with Crippen LogP contribution in [-0.4, -0.2) is 0 Å². The summed E-state index contributed by atoms with van der Waals surface area (Å²) in [5.74, 6) is 0. The molecule has 5 rings (SSSR count). The molecule has 2 aliphatic rings. The summed E-state index contributed by atoms with van der Waals surface area (Å²) in [5.41, 5.74) is 13.9. The Bertz CT molecular complexity index is 1260. The van der Waals surface area contributed by atoms with Crippen LogP contribution in [0.25, 0.3) is 22.3 Å². The zero-order valence-electron chi connectivity index (χ0n) is 24.6. The van der Waals surface area contributed by atoms with E-state index in [-0.39, 0.29) is 27.1 Å². The predicted octanol–water partition coefficient (Wildman–Crippen LogP) is 10.2. The van der Waals surface area contributed by atoms with Crippen molar-refractivity contribution < 1.29 is 0 Å². The van der Waals surface area contributed by atoms with Gasteiger partial charge in [0.05, 0.1) is 0 Å². The highest BCUT2D eigenvalue weighted by molar-refractivity contribution is 5.81. The fourth-order valence-electron chi connectivity index (χ4n) is 8.16. The maximum Gasteiger partial charge on any atom is -0.00921 e. The van der Waals surface area contributed by atoms with Gasteiger partial charge in [-0.25, -0.2) is 0 Å². The van der Waals surface area contributed by atoms with Crippen LogP contribution in [0.5, 0.6) is 0 Å². The molecule has 0 aliphatic heterocycles. The molecule has 0 bridgehead atoms. The van der Waals surface area contributed by atoms with Gasteiger partial charge in [-0.05, 0) is 90.0 Å².